The van der Waals surface area contributed by atoms with Crippen molar-refractivity contribution in [3.63, 3.8) is 0 Å². The normalized spacial score (nSPS) is 18.8. The van der Waals surface area contributed by atoms with Crippen molar-refractivity contribution in [1.29, 1.82) is 0 Å². The van der Waals surface area contributed by atoms with E-state index in [9.17, 15) is 4.79 Å². The highest BCUT2D eigenvalue weighted by molar-refractivity contribution is 5.99. The molecule has 0 spiro atoms. The molecule has 16 heavy (non-hydrogen) atoms. The van der Waals surface area contributed by atoms with Gasteiger partial charge in [-0.3, -0.25) is 4.79 Å². The van der Waals surface area contributed by atoms with Gasteiger partial charge in [-0.1, -0.05) is 0 Å². The van der Waals surface area contributed by atoms with E-state index >= 15 is 0 Å². The van der Waals surface area contributed by atoms with Crippen LogP contribution in [-0.4, -0.2) is 21.9 Å². The predicted octanol–water partition coefficient (Wildman–Crippen LogP) is 2.14. The second kappa shape index (κ2) is 3.16. The standard InChI is InChI=1S/C11H9N3O2/c1-7-6-12-10-5-8(9-3-2-4-16-9)13-14(10)11(7)15/h2-7H,1H3. The van der Waals surface area contributed by atoms with Gasteiger partial charge in [0.15, 0.2) is 11.6 Å². The molecule has 1 unspecified atom stereocenters. The molecule has 5 nitrogen and oxygen atoms in total. The summed E-state index contributed by atoms with van der Waals surface area (Å²) in [6.07, 6.45) is 3.20. The average molecular weight is 215 g/mol. The minimum atomic E-state index is -0.225. The molecular weight excluding hydrogens is 206 g/mol. The Labute approximate surface area is 91.4 Å². The van der Waals surface area contributed by atoms with E-state index in [1.54, 1.807) is 37.6 Å². The minimum Gasteiger partial charge on any atom is -0.463 e. The number of rotatable bonds is 1. The molecule has 0 aliphatic carbocycles. The first-order chi connectivity index (χ1) is 7.75. The lowest BCUT2D eigenvalue weighted by Crippen LogP contribution is -2.24. The molecule has 0 aromatic carbocycles. The van der Waals surface area contributed by atoms with Crippen LogP contribution in [0.25, 0.3) is 11.5 Å². The number of hydrogen-bond donors (Lipinski definition) is 0. The third-order valence-electron chi connectivity index (χ3n) is 2.49. The van der Waals surface area contributed by atoms with Gasteiger partial charge in [0, 0.05) is 12.3 Å². The summed E-state index contributed by atoms with van der Waals surface area (Å²) in [7, 11) is 0. The second-order valence-electron chi connectivity index (χ2n) is 3.68. The predicted molar refractivity (Wildman–Crippen MR) is 57.9 cm³/mol. The molecule has 0 amide bonds. The van der Waals surface area contributed by atoms with Gasteiger partial charge in [0.05, 0.1) is 12.2 Å². The number of nitrogens with zero attached hydrogens (tertiary/aromatic N) is 3. The molecule has 1 atom stereocenters. The maximum atomic E-state index is 11.8. The van der Waals surface area contributed by atoms with Crippen molar-refractivity contribution in [2.24, 2.45) is 10.9 Å². The van der Waals surface area contributed by atoms with Crippen LogP contribution in [0.5, 0.6) is 0 Å². The van der Waals surface area contributed by atoms with E-state index in [-0.39, 0.29) is 11.8 Å². The van der Waals surface area contributed by atoms with Gasteiger partial charge in [-0.15, -0.1) is 0 Å². The van der Waals surface area contributed by atoms with Crippen LogP contribution in [0.3, 0.4) is 0 Å². The van der Waals surface area contributed by atoms with Crippen LogP contribution in [0.2, 0.25) is 0 Å². The van der Waals surface area contributed by atoms with Crippen LogP contribution < -0.4 is 0 Å². The third kappa shape index (κ3) is 1.21. The summed E-state index contributed by atoms with van der Waals surface area (Å²) in [6.45, 7) is 1.79. The summed E-state index contributed by atoms with van der Waals surface area (Å²) in [5.74, 6) is 0.895. The van der Waals surface area contributed by atoms with E-state index < -0.39 is 0 Å². The van der Waals surface area contributed by atoms with Crippen LogP contribution in [0, 0.1) is 5.92 Å². The quantitative estimate of drug-likeness (QED) is 0.732. The summed E-state index contributed by atoms with van der Waals surface area (Å²) < 4.78 is 6.54. The molecular formula is C11H9N3O2. The Morgan fingerprint density at radius 3 is 3.12 bits per heavy atom. The van der Waals surface area contributed by atoms with Gasteiger partial charge in [0.25, 0.3) is 5.91 Å². The summed E-state index contributed by atoms with van der Waals surface area (Å²) in [5.41, 5.74) is 0.625. The fourth-order valence-electron chi connectivity index (χ4n) is 1.61. The van der Waals surface area contributed by atoms with Crippen molar-refractivity contribution in [1.82, 2.24) is 9.78 Å². The molecule has 3 heterocycles. The Kier molecular flexibility index (Phi) is 1.80. The molecule has 2 aromatic rings. The SMILES string of the molecule is CC1C=Nc2cc(-c3ccco3)nn2C1=O. The van der Waals surface area contributed by atoms with Gasteiger partial charge in [0.1, 0.15) is 5.69 Å². The smallest absolute Gasteiger partial charge is 0.257 e. The molecule has 1 aliphatic rings. The zero-order valence-electron chi connectivity index (χ0n) is 8.62. The Bertz CT molecular complexity index is 566. The van der Waals surface area contributed by atoms with Gasteiger partial charge in [-0.2, -0.15) is 9.78 Å². The number of carbonyl (C=O) groups is 1. The molecule has 1 aliphatic heterocycles. The first kappa shape index (κ1) is 9.08. The summed E-state index contributed by atoms with van der Waals surface area (Å²) in [6, 6.07) is 5.31. The van der Waals surface area contributed by atoms with E-state index in [1.807, 2.05) is 0 Å². The van der Waals surface area contributed by atoms with Crippen LogP contribution in [0.4, 0.5) is 5.82 Å². The average Bonchev–Trinajstić information content (AvgIpc) is 2.91. The van der Waals surface area contributed by atoms with Gasteiger partial charge in [-0.25, -0.2) is 4.99 Å². The van der Waals surface area contributed by atoms with Crippen LogP contribution in [0.15, 0.2) is 33.9 Å². The molecule has 0 saturated heterocycles. The monoisotopic (exact) mass is 215 g/mol. The molecule has 0 bridgehead atoms. The zero-order chi connectivity index (χ0) is 11.1. The lowest BCUT2D eigenvalue weighted by molar-refractivity contribution is 0.0864. The van der Waals surface area contributed by atoms with Gasteiger partial charge in [-0.05, 0) is 19.1 Å². The highest BCUT2D eigenvalue weighted by Gasteiger charge is 2.23. The van der Waals surface area contributed by atoms with Crippen molar-refractivity contribution >= 4 is 17.9 Å². The highest BCUT2D eigenvalue weighted by atomic mass is 16.3. The number of aromatic nitrogens is 2. The molecule has 0 N–H and O–H groups in total. The minimum absolute atomic E-state index is 0.0668. The maximum Gasteiger partial charge on any atom is 0.257 e. The van der Waals surface area contributed by atoms with Crippen LogP contribution in [0.1, 0.15) is 11.7 Å². The van der Waals surface area contributed by atoms with Crippen LogP contribution in [-0.2, 0) is 0 Å². The molecule has 2 aromatic heterocycles. The molecule has 0 fully saturated rings. The summed E-state index contributed by atoms with van der Waals surface area (Å²) in [4.78, 5) is 15.9. The molecule has 3 rings (SSSR count). The van der Waals surface area contributed by atoms with Crippen molar-refractivity contribution in [3.8, 4) is 11.5 Å². The van der Waals surface area contributed by atoms with Crippen LogP contribution >= 0.6 is 0 Å². The number of aliphatic imine (C=N–C) groups is 1. The Balaban J connectivity index is 2.12. The van der Waals surface area contributed by atoms with Gasteiger partial charge >= 0.3 is 0 Å². The summed E-state index contributed by atoms with van der Waals surface area (Å²) >= 11 is 0. The Morgan fingerprint density at radius 2 is 2.38 bits per heavy atom. The fraction of sp³-hybridized carbons (Fsp3) is 0.182. The Morgan fingerprint density at radius 1 is 1.50 bits per heavy atom. The first-order valence-corrected chi connectivity index (χ1v) is 4.98. The lowest BCUT2D eigenvalue weighted by Gasteiger charge is -2.10. The van der Waals surface area contributed by atoms with Crippen molar-refractivity contribution in [3.05, 3.63) is 24.5 Å². The maximum absolute atomic E-state index is 11.8. The van der Waals surface area contributed by atoms with E-state index in [1.165, 1.54) is 4.68 Å². The molecule has 0 saturated carbocycles. The third-order valence-corrected chi connectivity index (χ3v) is 2.49. The van der Waals surface area contributed by atoms with Gasteiger partial charge in [0.2, 0.25) is 0 Å². The first-order valence-electron chi connectivity index (χ1n) is 4.98. The number of carbonyl (C=O) groups excluding carboxylic acids is 1. The lowest BCUT2D eigenvalue weighted by atomic mass is 10.2. The van der Waals surface area contributed by atoms with Crippen molar-refractivity contribution in [2.45, 2.75) is 6.92 Å². The zero-order valence-corrected chi connectivity index (χ0v) is 8.62. The van der Waals surface area contributed by atoms with E-state index in [0.717, 1.165) is 0 Å². The van der Waals surface area contributed by atoms with Crippen molar-refractivity contribution in [2.75, 3.05) is 0 Å². The topological polar surface area (TPSA) is 60.4 Å². The second-order valence-corrected chi connectivity index (χ2v) is 3.68. The number of hydrogen-bond acceptors (Lipinski definition) is 4. The molecule has 5 heteroatoms. The molecule has 80 valence electrons. The van der Waals surface area contributed by atoms with E-state index in [4.69, 9.17) is 4.42 Å². The van der Waals surface area contributed by atoms with Gasteiger partial charge < -0.3 is 4.42 Å². The highest BCUT2D eigenvalue weighted by Crippen LogP contribution is 2.26. The largest absolute Gasteiger partial charge is 0.463 e. The van der Waals surface area contributed by atoms with Crippen molar-refractivity contribution < 1.29 is 9.21 Å². The summed E-state index contributed by atoms with van der Waals surface area (Å²) in [5, 5.41) is 4.18. The fourth-order valence-corrected chi connectivity index (χ4v) is 1.61. The number of fused-ring (bicyclic) bond motifs is 1. The molecule has 0 radical (unpaired) electrons. The van der Waals surface area contributed by atoms with E-state index in [0.29, 0.717) is 17.3 Å². The Hall–Kier alpha value is -2.17. The number of furan rings is 1. The van der Waals surface area contributed by atoms with E-state index in [2.05, 4.69) is 10.1 Å².